The summed E-state index contributed by atoms with van der Waals surface area (Å²) < 4.78 is 5.27. The van der Waals surface area contributed by atoms with Crippen LogP contribution in [0.4, 0.5) is 0 Å². The van der Waals surface area contributed by atoms with Crippen molar-refractivity contribution in [2.24, 2.45) is 0 Å². The normalized spacial score (nSPS) is 16.3. The molecule has 4 heteroatoms. The minimum absolute atomic E-state index is 0.0458. The Morgan fingerprint density at radius 3 is 2.58 bits per heavy atom. The fraction of sp³-hybridized carbons (Fsp3) is 0.400. The first kappa shape index (κ1) is 12.1. The smallest absolute Gasteiger partial charge is 0.340 e. The zero-order valence-electron chi connectivity index (χ0n) is 10.8. The maximum Gasteiger partial charge on any atom is 0.340 e. The molecule has 100 valence electrons. The lowest BCUT2D eigenvalue weighted by Crippen LogP contribution is -2.13. The van der Waals surface area contributed by atoms with Crippen LogP contribution in [0.2, 0.25) is 0 Å². The van der Waals surface area contributed by atoms with E-state index in [-0.39, 0.29) is 28.6 Å². The SMILES string of the molecule is Cc1c(C2CCCC2)c(=O)oc2cc(O)cc(O)c12. The number of phenolic OH excluding ortho intramolecular Hbond substituents is 2. The number of phenols is 2. The van der Waals surface area contributed by atoms with Crippen LogP contribution in [-0.2, 0) is 0 Å². The van der Waals surface area contributed by atoms with E-state index in [0.29, 0.717) is 10.9 Å². The highest BCUT2D eigenvalue weighted by molar-refractivity contribution is 5.88. The Morgan fingerprint density at radius 1 is 1.21 bits per heavy atom. The maximum atomic E-state index is 12.1. The molecular weight excluding hydrogens is 244 g/mol. The van der Waals surface area contributed by atoms with Crippen molar-refractivity contribution in [1.82, 2.24) is 0 Å². The number of rotatable bonds is 1. The Kier molecular flexibility index (Phi) is 2.73. The van der Waals surface area contributed by atoms with Crippen LogP contribution in [0.3, 0.4) is 0 Å². The number of hydrogen-bond donors (Lipinski definition) is 2. The Hall–Kier alpha value is -1.97. The first-order valence-corrected chi connectivity index (χ1v) is 6.57. The third-order valence-electron chi connectivity index (χ3n) is 4.03. The molecule has 0 unspecified atom stereocenters. The highest BCUT2D eigenvalue weighted by atomic mass is 16.4. The molecule has 2 N–H and O–H groups in total. The van der Waals surface area contributed by atoms with Crippen LogP contribution < -0.4 is 5.63 Å². The molecule has 1 fully saturated rings. The Balaban J connectivity index is 2.32. The lowest BCUT2D eigenvalue weighted by molar-refractivity contribution is 0.450. The highest BCUT2D eigenvalue weighted by Crippen LogP contribution is 2.38. The molecule has 0 atom stereocenters. The predicted octanol–water partition coefficient (Wildman–Crippen LogP) is 3.17. The molecule has 3 rings (SSSR count). The quantitative estimate of drug-likeness (QED) is 0.772. The van der Waals surface area contributed by atoms with Crippen molar-refractivity contribution in [2.75, 3.05) is 0 Å². The van der Waals surface area contributed by atoms with Gasteiger partial charge >= 0.3 is 5.63 Å². The van der Waals surface area contributed by atoms with Gasteiger partial charge in [-0.25, -0.2) is 4.79 Å². The average Bonchev–Trinajstić information content (AvgIpc) is 2.80. The van der Waals surface area contributed by atoms with Gasteiger partial charge in [-0.15, -0.1) is 0 Å². The van der Waals surface area contributed by atoms with Crippen molar-refractivity contribution in [1.29, 1.82) is 0 Å². The zero-order valence-corrected chi connectivity index (χ0v) is 10.8. The second-order valence-electron chi connectivity index (χ2n) is 5.25. The predicted molar refractivity (Wildman–Crippen MR) is 71.8 cm³/mol. The Morgan fingerprint density at radius 2 is 1.89 bits per heavy atom. The highest BCUT2D eigenvalue weighted by Gasteiger charge is 2.25. The van der Waals surface area contributed by atoms with Crippen molar-refractivity contribution in [3.8, 4) is 11.5 Å². The van der Waals surface area contributed by atoms with Crippen molar-refractivity contribution in [3.05, 3.63) is 33.7 Å². The van der Waals surface area contributed by atoms with Gasteiger partial charge in [-0.05, 0) is 31.2 Å². The van der Waals surface area contributed by atoms with Gasteiger partial charge in [-0.1, -0.05) is 12.8 Å². The fourth-order valence-electron chi connectivity index (χ4n) is 3.17. The van der Waals surface area contributed by atoms with Crippen LogP contribution in [0, 0.1) is 6.92 Å². The van der Waals surface area contributed by atoms with Crippen LogP contribution >= 0.6 is 0 Å². The number of benzene rings is 1. The van der Waals surface area contributed by atoms with Gasteiger partial charge in [0.2, 0.25) is 0 Å². The van der Waals surface area contributed by atoms with Crippen LogP contribution in [0.5, 0.6) is 11.5 Å². The molecule has 1 aromatic carbocycles. The molecule has 4 nitrogen and oxygen atoms in total. The van der Waals surface area contributed by atoms with E-state index in [1.807, 2.05) is 6.92 Å². The summed E-state index contributed by atoms with van der Waals surface area (Å²) in [5.74, 6) is 0.0746. The summed E-state index contributed by atoms with van der Waals surface area (Å²) >= 11 is 0. The summed E-state index contributed by atoms with van der Waals surface area (Å²) in [7, 11) is 0. The number of aryl methyl sites for hydroxylation is 1. The Labute approximate surface area is 110 Å². The lowest BCUT2D eigenvalue weighted by atomic mass is 9.93. The van der Waals surface area contributed by atoms with E-state index in [2.05, 4.69) is 0 Å². The van der Waals surface area contributed by atoms with Crippen molar-refractivity contribution in [3.63, 3.8) is 0 Å². The van der Waals surface area contributed by atoms with Crippen molar-refractivity contribution < 1.29 is 14.6 Å². The lowest BCUT2D eigenvalue weighted by Gasteiger charge is -2.13. The molecule has 19 heavy (non-hydrogen) atoms. The van der Waals surface area contributed by atoms with E-state index >= 15 is 0 Å². The molecule has 0 aliphatic heterocycles. The molecule has 2 aromatic rings. The van der Waals surface area contributed by atoms with Gasteiger partial charge in [0.15, 0.2) is 0 Å². The van der Waals surface area contributed by atoms with E-state index in [1.165, 1.54) is 12.1 Å². The number of hydrogen-bond acceptors (Lipinski definition) is 4. The third kappa shape index (κ3) is 1.87. The van der Waals surface area contributed by atoms with Crippen LogP contribution in [0.1, 0.15) is 42.7 Å². The molecule has 0 radical (unpaired) electrons. The first-order chi connectivity index (χ1) is 9.08. The fourth-order valence-corrected chi connectivity index (χ4v) is 3.17. The van der Waals surface area contributed by atoms with E-state index in [4.69, 9.17) is 4.42 Å². The molecule has 0 saturated heterocycles. The van der Waals surface area contributed by atoms with Gasteiger partial charge in [0.05, 0.1) is 5.39 Å². The van der Waals surface area contributed by atoms with Crippen LogP contribution in [0.15, 0.2) is 21.3 Å². The molecule has 1 aliphatic carbocycles. The molecular formula is C15H16O4. The molecule has 0 amide bonds. The molecule has 1 saturated carbocycles. The summed E-state index contributed by atoms with van der Waals surface area (Å²) in [5, 5.41) is 19.9. The van der Waals surface area contributed by atoms with E-state index in [0.717, 1.165) is 31.2 Å². The largest absolute Gasteiger partial charge is 0.508 e. The average molecular weight is 260 g/mol. The minimum atomic E-state index is -0.345. The standard InChI is InChI=1S/C15H16O4/c1-8-13(9-4-2-3-5-9)15(18)19-12-7-10(16)6-11(17)14(8)12/h6-7,9,16-17H,2-5H2,1H3. The second-order valence-corrected chi connectivity index (χ2v) is 5.25. The van der Waals surface area contributed by atoms with E-state index in [9.17, 15) is 15.0 Å². The molecule has 1 heterocycles. The van der Waals surface area contributed by atoms with Gasteiger partial charge in [-0.2, -0.15) is 0 Å². The second kappa shape index (κ2) is 4.30. The van der Waals surface area contributed by atoms with Crippen LogP contribution in [-0.4, -0.2) is 10.2 Å². The van der Waals surface area contributed by atoms with E-state index in [1.54, 1.807) is 0 Å². The van der Waals surface area contributed by atoms with Crippen LogP contribution in [0.25, 0.3) is 11.0 Å². The first-order valence-electron chi connectivity index (χ1n) is 6.57. The maximum absolute atomic E-state index is 12.1. The minimum Gasteiger partial charge on any atom is -0.508 e. The van der Waals surface area contributed by atoms with Gasteiger partial charge in [-0.3, -0.25) is 0 Å². The van der Waals surface area contributed by atoms with Crippen molar-refractivity contribution in [2.45, 2.75) is 38.5 Å². The number of aromatic hydroxyl groups is 2. The van der Waals surface area contributed by atoms with Gasteiger partial charge in [0.1, 0.15) is 17.1 Å². The molecule has 1 aliphatic rings. The molecule has 0 spiro atoms. The van der Waals surface area contributed by atoms with Gasteiger partial charge in [0.25, 0.3) is 0 Å². The summed E-state index contributed by atoms with van der Waals surface area (Å²) in [4.78, 5) is 12.1. The summed E-state index contributed by atoms with van der Waals surface area (Å²) in [6.45, 7) is 1.84. The number of fused-ring (bicyclic) bond motifs is 1. The van der Waals surface area contributed by atoms with Gasteiger partial charge < -0.3 is 14.6 Å². The summed E-state index contributed by atoms with van der Waals surface area (Å²) in [6, 6.07) is 2.63. The third-order valence-corrected chi connectivity index (χ3v) is 4.03. The summed E-state index contributed by atoms with van der Waals surface area (Å²) in [6.07, 6.45) is 4.25. The zero-order chi connectivity index (χ0) is 13.6. The monoisotopic (exact) mass is 260 g/mol. The molecule has 0 bridgehead atoms. The van der Waals surface area contributed by atoms with E-state index < -0.39 is 0 Å². The van der Waals surface area contributed by atoms with Gasteiger partial charge in [0, 0.05) is 17.7 Å². The Bertz CT molecular complexity index is 693. The van der Waals surface area contributed by atoms with Crippen molar-refractivity contribution >= 4 is 11.0 Å². The molecule has 1 aromatic heterocycles. The summed E-state index contributed by atoms with van der Waals surface area (Å²) in [5.41, 5.74) is 1.35. The topological polar surface area (TPSA) is 70.7 Å².